The van der Waals surface area contributed by atoms with Crippen molar-refractivity contribution in [1.82, 2.24) is 9.80 Å². The summed E-state index contributed by atoms with van der Waals surface area (Å²) in [7, 11) is 0. The second kappa shape index (κ2) is 10.4. The van der Waals surface area contributed by atoms with Crippen LogP contribution in [-0.4, -0.2) is 80.5 Å². The molecular weight excluding hydrogens is 420 g/mol. The molecule has 10 heteroatoms. The number of hydrogen-bond acceptors (Lipinski definition) is 6. The van der Waals surface area contributed by atoms with Gasteiger partial charge in [-0.1, -0.05) is 13.8 Å². The highest BCUT2D eigenvalue weighted by molar-refractivity contribution is 5.81. The van der Waals surface area contributed by atoms with Crippen LogP contribution in [0.1, 0.15) is 68.2 Å². The molecule has 2 saturated heterocycles. The first-order chi connectivity index (χ1) is 14.4. The van der Waals surface area contributed by atoms with Crippen molar-refractivity contribution in [1.29, 1.82) is 0 Å². The summed E-state index contributed by atoms with van der Waals surface area (Å²) in [6, 6.07) is -1.49. The molecule has 32 heavy (non-hydrogen) atoms. The van der Waals surface area contributed by atoms with E-state index in [4.69, 9.17) is 19.7 Å². The van der Waals surface area contributed by atoms with Crippen LogP contribution in [0.25, 0.3) is 0 Å². The number of amides is 2. The fraction of sp³-hybridized carbons (Fsp3) is 0.818. The van der Waals surface area contributed by atoms with Crippen LogP contribution in [0.3, 0.4) is 0 Å². The van der Waals surface area contributed by atoms with Gasteiger partial charge in [-0.3, -0.25) is 9.80 Å². The van der Waals surface area contributed by atoms with Crippen molar-refractivity contribution >= 4 is 24.1 Å². The molecule has 2 aliphatic rings. The first-order valence-corrected chi connectivity index (χ1v) is 10.9. The van der Waals surface area contributed by atoms with E-state index in [2.05, 4.69) is 0 Å². The molecule has 2 fully saturated rings. The molecule has 10 nitrogen and oxygen atoms in total. The lowest BCUT2D eigenvalue weighted by Gasteiger charge is -2.26. The van der Waals surface area contributed by atoms with Gasteiger partial charge < -0.3 is 19.7 Å². The Morgan fingerprint density at radius 1 is 0.688 bits per heavy atom. The second-order valence-corrected chi connectivity index (χ2v) is 10.7. The lowest BCUT2D eigenvalue weighted by Crippen LogP contribution is -2.43. The molecule has 0 aromatic carbocycles. The van der Waals surface area contributed by atoms with Crippen LogP contribution in [0.4, 0.5) is 9.59 Å². The Bertz CT molecular complexity index is 650. The summed E-state index contributed by atoms with van der Waals surface area (Å²) in [5, 5.41) is 18.0. The molecule has 0 aromatic heterocycles. The Morgan fingerprint density at radius 2 is 0.969 bits per heavy atom. The summed E-state index contributed by atoms with van der Waals surface area (Å²) in [5.74, 6) is -1.52. The van der Waals surface area contributed by atoms with E-state index in [1.165, 1.54) is 9.80 Å². The van der Waals surface area contributed by atoms with Crippen molar-refractivity contribution < 1.29 is 38.9 Å². The van der Waals surface area contributed by atoms with Crippen LogP contribution in [0, 0.1) is 11.8 Å². The lowest BCUT2D eigenvalue weighted by atomic mass is 10.1. The van der Waals surface area contributed by atoms with Gasteiger partial charge in [0.2, 0.25) is 0 Å². The number of carbonyl (C=O) groups excluding carboxylic acids is 2. The van der Waals surface area contributed by atoms with Gasteiger partial charge >= 0.3 is 24.1 Å². The fourth-order valence-electron chi connectivity index (χ4n) is 3.60. The van der Waals surface area contributed by atoms with Crippen LogP contribution in [-0.2, 0) is 19.1 Å². The van der Waals surface area contributed by atoms with E-state index in [0.29, 0.717) is 25.9 Å². The highest BCUT2D eigenvalue weighted by Gasteiger charge is 2.40. The van der Waals surface area contributed by atoms with Crippen molar-refractivity contribution in [2.24, 2.45) is 11.8 Å². The molecule has 2 heterocycles. The number of likely N-dealkylation sites (tertiary alicyclic amines) is 2. The molecule has 2 aliphatic heterocycles. The van der Waals surface area contributed by atoms with Crippen molar-refractivity contribution in [3.8, 4) is 0 Å². The van der Waals surface area contributed by atoms with E-state index < -0.39 is 47.4 Å². The first kappa shape index (κ1) is 27.5. The SMILES string of the molecule is C[C@@H]1C[C@@H](C(=O)O)N(C(=O)OC(C)(C)C)C1.C[C@@H]1C[C@@H](C(=O)O)N(C(=O)OC(C)(C)C)C1. The van der Waals surface area contributed by atoms with Crippen LogP contribution in [0.2, 0.25) is 0 Å². The average Bonchev–Trinajstić information content (AvgIpc) is 3.15. The summed E-state index contributed by atoms with van der Waals surface area (Å²) in [5.41, 5.74) is -1.18. The highest BCUT2D eigenvalue weighted by Crippen LogP contribution is 2.26. The number of carboxylic acids is 2. The summed E-state index contributed by atoms with van der Waals surface area (Å²) >= 11 is 0. The number of aliphatic carboxylic acids is 2. The fourth-order valence-corrected chi connectivity index (χ4v) is 3.60. The van der Waals surface area contributed by atoms with Gasteiger partial charge in [-0.2, -0.15) is 0 Å². The average molecular weight is 459 g/mol. The van der Waals surface area contributed by atoms with Gasteiger partial charge in [0, 0.05) is 13.1 Å². The summed E-state index contributed by atoms with van der Waals surface area (Å²) in [4.78, 5) is 48.1. The van der Waals surface area contributed by atoms with Gasteiger partial charge in [0.05, 0.1) is 0 Å². The van der Waals surface area contributed by atoms with E-state index in [9.17, 15) is 19.2 Å². The third kappa shape index (κ3) is 8.55. The molecule has 0 bridgehead atoms. The number of ether oxygens (including phenoxy) is 2. The third-order valence-electron chi connectivity index (χ3n) is 4.85. The van der Waals surface area contributed by atoms with E-state index in [-0.39, 0.29) is 11.8 Å². The van der Waals surface area contributed by atoms with Gasteiger partial charge in [0.25, 0.3) is 0 Å². The van der Waals surface area contributed by atoms with Crippen molar-refractivity contribution in [2.75, 3.05) is 13.1 Å². The molecule has 0 saturated carbocycles. The van der Waals surface area contributed by atoms with Crippen LogP contribution in [0.15, 0.2) is 0 Å². The number of hydrogen-bond donors (Lipinski definition) is 2. The van der Waals surface area contributed by atoms with Crippen LogP contribution in [0.5, 0.6) is 0 Å². The quantitative estimate of drug-likeness (QED) is 0.643. The maximum absolute atomic E-state index is 11.8. The number of rotatable bonds is 2. The van der Waals surface area contributed by atoms with Crippen molar-refractivity contribution in [3.63, 3.8) is 0 Å². The van der Waals surface area contributed by atoms with Crippen LogP contribution < -0.4 is 0 Å². The van der Waals surface area contributed by atoms with Crippen molar-refractivity contribution in [3.05, 3.63) is 0 Å². The molecule has 0 unspecified atom stereocenters. The summed E-state index contributed by atoms with van der Waals surface area (Å²) in [6.45, 7) is 15.3. The second-order valence-electron chi connectivity index (χ2n) is 10.7. The molecule has 184 valence electrons. The van der Waals surface area contributed by atoms with Gasteiger partial charge in [0.1, 0.15) is 23.3 Å². The molecule has 2 N–H and O–H groups in total. The maximum Gasteiger partial charge on any atom is 0.411 e. The number of nitrogens with zero attached hydrogens (tertiary/aromatic N) is 2. The molecule has 0 aliphatic carbocycles. The van der Waals surface area contributed by atoms with E-state index >= 15 is 0 Å². The standard InChI is InChI=1S/2C11H19NO4/c2*1-7-5-8(9(13)14)12(6-7)10(15)16-11(2,3)4/h2*7-8H,5-6H2,1-4H3,(H,13,14)/t2*7-,8+/m11/s1. The monoisotopic (exact) mass is 458 g/mol. The minimum Gasteiger partial charge on any atom is -0.480 e. The van der Waals surface area contributed by atoms with Gasteiger partial charge in [-0.25, -0.2) is 19.2 Å². The lowest BCUT2D eigenvalue weighted by molar-refractivity contribution is -0.142. The Labute approximate surface area is 189 Å². The molecular formula is C22H38N2O8. The number of carboxylic acid groups (broad SMARTS) is 2. The minimum atomic E-state index is -0.963. The topological polar surface area (TPSA) is 134 Å². The van der Waals surface area contributed by atoms with E-state index in [0.717, 1.165) is 0 Å². The summed E-state index contributed by atoms with van der Waals surface area (Å²) in [6.07, 6.45) is -0.0862. The minimum absolute atomic E-state index is 0.202. The number of carbonyl (C=O) groups is 4. The van der Waals surface area contributed by atoms with Crippen LogP contribution >= 0.6 is 0 Å². The molecule has 2 rings (SSSR count). The Hall–Kier alpha value is -2.52. The van der Waals surface area contributed by atoms with Gasteiger partial charge in [0.15, 0.2) is 0 Å². The first-order valence-electron chi connectivity index (χ1n) is 10.9. The third-order valence-corrected chi connectivity index (χ3v) is 4.85. The maximum atomic E-state index is 11.8. The smallest absolute Gasteiger partial charge is 0.411 e. The van der Waals surface area contributed by atoms with Crippen molar-refractivity contribution in [2.45, 2.75) is 91.5 Å². The van der Waals surface area contributed by atoms with Gasteiger partial charge in [-0.05, 0) is 66.2 Å². The van der Waals surface area contributed by atoms with E-state index in [1.54, 1.807) is 41.5 Å². The zero-order valence-corrected chi connectivity index (χ0v) is 20.4. The molecule has 0 spiro atoms. The predicted octanol–water partition coefficient (Wildman–Crippen LogP) is 3.43. The molecule has 0 aromatic rings. The Balaban J connectivity index is 0.000000320. The molecule has 4 atom stereocenters. The zero-order valence-electron chi connectivity index (χ0n) is 20.4. The zero-order chi connectivity index (χ0) is 25.0. The largest absolute Gasteiger partial charge is 0.480 e. The van der Waals surface area contributed by atoms with E-state index in [1.807, 2.05) is 13.8 Å². The summed E-state index contributed by atoms with van der Waals surface area (Å²) < 4.78 is 10.3. The Morgan fingerprint density at radius 3 is 1.19 bits per heavy atom. The normalized spacial score (nSPS) is 25.6. The Kier molecular flexibility index (Phi) is 8.94. The molecule has 2 amide bonds. The molecule has 0 radical (unpaired) electrons. The highest BCUT2D eigenvalue weighted by atomic mass is 16.6. The predicted molar refractivity (Wildman–Crippen MR) is 116 cm³/mol. The van der Waals surface area contributed by atoms with Gasteiger partial charge in [-0.15, -0.1) is 0 Å².